The van der Waals surface area contributed by atoms with Crippen LogP contribution in [0.1, 0.15) is 18.9 Å². The summed E-state index contributed by atoms with van der Waals surface area (Å²) in [6.07, 6.45) is 0.0382. The predicted molar refractivity (Wildman–Crippen MR) is 84.5 cm³/mol. The molecule has 0 aliphatic heterocycles. The topological polar surface area (TPSA) is 60.9 Å². The number of likely N-dealkylation sites (N-methyl/N-ethyl adjacent to an activating group) is 2. The maximum atomic E-state index is 12.3. The summed E-state index contributed by atoms with van der Waals surface area (Å²) < 4.78 is 0. The van der Waals surface area contributed by atoms with Crippen LogP contribution in [0.2, 0.25) is 0 Å². The molecule has 0 bridgehead atoms. The standard InChI is InChI=1S/C15H22N2O3.ClH/c1-12(16(2)10-9-14(18)19)15(20)17(3)11-13-7-5-4-6-8-13;/h4-8,12H,9-11H2,1-3H3,(H,18,19);1H. The van der Waals surface area contributed by atoms with Gasteiger partial charge >= 0.3 is 5.97 Å². The van der Waals surface area contributed by atoms with E-state index in [2.05, 4.69) is 0 Å². The molecule has 0 aliphatic rings. The van der Waals surface area contributed by atoms with E-state index < -0.39 is 5.97 Å². The number of nitrogens with zero attached hydrogens (tertiary/aromatic N) is 2. The highest BCUT2D eigenvalue weighted by Crippen LogP contribution is 2.07. The van der Waals surface area contributed by atoms with Crippen LogP contribution in [-0.2, 0) is 16.1 Å². The van der Waals surface area contributed by atoms with Crippen LogP contribution < -0.4 is 0 Å². The monoisotopic (exact) mass is 314 g/mol. The first-order chi connectivity index (χ1) is 9.41. The average Bonchev–Trinajstić information content (AvgIpc) is 2.44. The average molecular weight is 315 g/mol. The smallest absolute Gasteiger partial charge is 0.304 e. The molecular formula is C15H23ClN2O3. The van der Waals surface area contributed by atoms with Gasteiger partial charge in [0, 0.05) is 20.1 Å². The second-order valence-corrected chi connectivity index (χ2v) is 4.98. The number of carbonyl (C=O) groups is 2. The Balaban J connectivity index is 0.00000400. The van der Waals surface area contributed by atoms with Crippen LogP contribution in [0.5, 0.6) is 0 Å². The second-order valence-electron chi connectivity index (χ2n) is 4.98. The lowest BCUT2D eigenvalue weighted by molar-refractivity contribution is -0.139. The van der Waals surface area contributed by atoms with Crippen LogP contribution >= 0.6 is 12.4 Å². The van der Waals surface area contributed by atoms with Crippen molar-refractivity contribution < 1.29 is 14.7 Å². The van der Waals surface area contributed by atoms with Gasteiger partial charge in [-0.05, 0) is 19.5 Å². The fourth-order valence-corrected chi connectivity index (χ4v) is 1.91. The molecule has 1 unspecified atom stereocenters. The molecule has 21 heavy (non-hydrogen) atoms. The normalized spacial score (nSPS) is 11.6. The first-order valence-electron chi connectivity index (χ1n) is 6.62. The van der Waals surface area contributed by atoms with Gasteiger partial charge in [0.15, 0.2) is 0 Å². The van der Waals surface area contributed by atoms with E-state index in [9.17, 15) is 9.59 Å². The lowest BCUT2D eigenvalue weighted by atomic mass is 10.2. The van der Waals surface area contributed by atoms with Crippen molar-refractivity contribution in [1.82, 2.24) is 9.80 Å². The summed E-state index contributed by atoms with van der Waals surface area (Å²) in [6.45, 7) is 2.71. The van der Waals surface area contributed by atoms with Crippen LogP contribution in [0.4, 0.5) is 0 Å². The highest BCUT2D eigenvalue weighted by Gasteiger charge is 2.21. The van der Waals surface area contributed by atoms with Gasteiger partial charge in [0.1, 0.15) is 0 Å². The Morgan fingerprint density at radius 2 is 1.76 bits per heavy atom. The van der Waals surface area contributed by atoms with Crippen molar-refractivity contribution in [2.45, 2.75) is 25.9 Å². The first-order valence-corrected chi connectivity index (χ1v) is 6.62. The summed E-state index contributed by atoms with van der Waals surface area (Å²) in [4.78, 5) is 26.2. The Labute approximate surface area is 132 Å². The molecule has 118 valence electrons. The molecule has 1 aromatic carbocycles. The first kappa shape index (κ1) is 19.4. The maximum absolute atomic E-state index is 12.3. The van der Waals surface area contributed by atoms with Crippen molar-refractivity contribution in [2.24, 2.45) is 0 Å². The fourth-order valence-electron chi connectivity index (χ4n) is 1.91. The highest BCUT2D eigenvalue weighted by molar-refractivity contribution is 5.85. The predicted octanol–water partition coefficient (Wildman–Crippen LogP) is 1.86. The van der Waals surface area contributed by atoms with E-state index in [1.54, 1.807) is 30.8 Å². The number of benzene rings is 1. The number of hydrogen-bond acceptors (Lipinski definition) is 3. The second kappa shape index (κ2) is 9.37. The summed E-state index contributed by atoms with van der Waals surface area (Å²) >= 11 is 0. The molecule has 5 nitrogen and oxygen atoms in total. The molecule has 6 heteroatoms. The number of carboxylic acids is 1. The van der Waals surface area contributed by atoms with Crippen LogP contribution in [-0.4, -0.2) is 53.5 Å². The summed E-state index contributed by atoms with van der Waals surface area (Å²) in [5, 5.41) is 8.66. The molecule has 0 spiro atoms. The minimum atomic E-state index is -0.853. The zero-order chi connectivity index (χ0) is 15.1. The molecule has 1 atom stereocenters. The Bertz CT molecular complexity index is 453. The number of carboxylic acid groups (broad SMARTS) is 1. The van der Waals surface area contributed by atoms with Gasteiger partial charge in [-0.15, -0.1) is 12.4 Å². The Morgan fingerprint density at radius 3 is 2.29 bits per heavy atom. The molecule has 0 aliphatic carbocycles. The van der Waals surface area contributed by atoms with Crippen molar-refractivity contribution in [3.63, 3.8) is 0 Å². The largest absolute Gasteiger partial charge is 0.481 e. The third-order valence-corrected chi connectivity index (χ3v) is 3.34. The summed E-state index contributed by atoms with van der Waals surface area (Å²) in [5.74, 6) is -0.865. The van der Waals surface area contributed by atoms with E-state index >= 15 is 0 Å². The van der Waals surface area contributed by atoms with Gasteiger partial charge < -0.3 is 10.0 Å². The van der Waals surface area contributed by atoms with Crippen LogP contribution in [0.25, 0.3) is 0 Å². The molecule has 0 radical (unpaired) electrons. The fraction of sp³-hybridized carbons (Fsp3) is 0.467. The van der Waals surface area contributed by atoms with Gasteiger partial charge in [-0.2, -0.15) is 0 Å². The zero-order valence-corrected chi connectivity index (χ0v) is 13.5. The third-order valence-electron chi connectivity index (χ3n) is 3.34. The number of amides is 1. The highest BCUT2D eigenvalue weighted by atomic mass is 35.5. The third kappa shape index (κ3) is 6.60. The van der Waals surface area contributed by atoms with Crippen LogP contribution in [0.15, 0.2) is 30.3 Å². The van der Waals surface area contributed by atoms with Gasteiger partial charge in [0.2, 0.25) is 5.91 Å². The summed E-state index contributed by atoms with van der Waals surface area (Å²) in [6, 6.07) is 9.44. The quantitative estimate of drug-likeness (QED) is 0.834. The number of halogens is 1. The van der Waals surface area contributed by atoms with Crippen molar-refractivity contribution in [3.05, 3.63) is 35.9 Å². The van der Waals surface area contributed by atoms with Gasteiger partial charge in [0.05, 0.1) is 12.5 Å². The lowest BCUT2D eigenvalue weighted by Crippen LogP contribution is -2.44. The van der Waals surface area contributed by atoms with E-state index in [-0.39, 0.29) is 30.8 Å². The number of aliphatic carboxylic acids is 1. The van der Waals surface area contributed by atoms with Gasteiger partial charge in [-0.25, -0.2) is 0 Å². The van der Waals surface area contributed by atoms with E-state index in [1.807, 2.05) is 30.3 Å². The summed E-state index contributed by atoms with van der Waals surface area (Å²) in [5.41, 5.74) is 1.07. The van der Waals surface area contributed by atoms with E-state index in [0.717, 1.165) is 5.56 Å². The molecule has 1 aromatic rings. The lowest BCUT2D eigenvalue weighted by Gasteiger charge is -2.27. The zero-order valence-electron chi connectivity index (χ0n) is 12.7. The number of hydrogen-bond donors (Lipinski definition) is 1. The molecule has 0 saturated heterocycles. The van der Waals surface area contributed by atoms with E-state index in [0.29, 0.717) is 13.1 Å². The van der Waals surface area contributed by atoms with Crippen LogP contribution in [0.3, 0.4) is 0 Å². The molecule has 1 rings (SSSR count). The van der Waals surface area contributed by atoms with Crippen molar-refractivity contribution >= 4 is 24.3 Å². The van der Waals surface area contributed by atoms with Gasteiger partial charge in [-0.3, -0.25) is 14.5 Å². The summed E-state index contributed by atoms with van der Waals surface area (Å²) in [7, 11) is 3.53. The minimum Gasteiger partial charge on any atom is -0.481 e. The molecule has 0 aromatic heterocycles. The Kier molecular flexibility index (Phi) is 8.66. The van der Waals surface area contributed by atoms with E-state index in [4.69, 9.17) is 5.11 Å². The Morgan fingerprint density at radius 1 is 1.19 bits per heavy atom. The van der Waals surface area contributed by atoms with Crippen LogP contribution in [0, 0.1) is 0 Å². The molecule has 0 fully saturated rings. The molecule has 1 N–H and O–H groups in total. The SMILES string of the molecule is CC(C(=O)N(C)Cc1ccccc1)N(C)CCC(=O)O.Cl. The molecule has 0 heterocycles. The van der Waals surface area contributed by atoms with Crippen molar-refractivity contribution in [3.8, 4) is 0 Å². The van der Waals surface area contributed by atoms with Crippen molar-refractivity contribution in [2.75, 3.05) is 20.6 Å². The van der Waals surface area contributed by atoms with Gasteiger partial charge in [0.25, 0.3) is 0 Å². The van der Waals surface area contributed by atoms with E-state index in [1.165, 1.54) is 0 Å². The molecule has 1 amide bonds. The Hall–Kier alpha value is -1.59. The van der Waals surface area contributed by atoms with Crippen molar-refractivity contribution in [1.29, 1.82) is 0 Å². The minimum absolute atomic E-state index is 0. The molecular weight excluding hydrogens is 292 g/mol. The number of rotatable bonds is 7. The number of carbonyl (C=O) groups excluding carboxylic acids is 1. The maximum Gasteiger partial charge on any atom is 0.304 e. The van der Waals surface area contributed by atoms with Gasteiger partial charge in [-0.1, -0.05) is 30.3 Å². The molecule has 0 saturated carbocycles.